The molecule has 2 aromatic rings. The highest BCUT2D eigenvalue weighted by Gasteiger charge is 2.37. The Balaban J connectivity index is 1.51. The van der Waals surface area contributed by atoms with Gasteiger partial charge in [-0.05, 0) is 47.7 Å². The van der Waals surface area contributed by atoms with Gasteiger partial charge in [0.25, 0.3) is 0 Å². The van der Waals surface area contributed by atoms with Gasteiger partial charge in [0.2, 0.25) is 11.8 Å². The third-order valence-electron chi connectivity index (χ3n) is 5.98. The highest BCUT2D eigenvalue weighted by atomic mass is 16.5. The van der Waals surface area contributed by atoms with Crippen molar-refractivity contribution in [2.45, 2.75) is 25.8 Å². The highest BCUT2D eigenvalue weighted by molar-refractivity contribution is 6.00. The van der Waals surface area contributed by atoms with Crippen LogP contribution in [0.25, 0.3) is 11.1 Å². The first-order chi connectivity index (χ1) is 13.5. The predicted molar refractivity (Wildman–Crippen MR) is 109 cm³/mol. The zero-order chi connectivity index (χ0) is 19.8. The summed E-state index contributed by atoms with van der Waals surface area (Å²) in [7, 11) is 3.41. The van der Waals surface area contributed by atoms with E-state index in [1.807, 2.05) is 13.0 Å². The number of amides is 2. The second-order valence-electron chi connectivity index (χ2n) is 7.83. The van der Waals surface area contributed by atoms with Crippen LogP contribution in [0.5, 0.6) is 0 Å². The number of carbonyl (C=O) groups is 2. The Morgan fingerprint density at radius 3 is 2.75 bits per heavy atom. The standard InChI is InChI=1S/C23H26N2O3/c1-15(14-28-3)24(2)23(27)18-12-22(26)25(13-18)19-8-9-21-17(11-19)10-16-6-4-5-7-20(16)21/h4-9,11,15,18H,10,12-14H2,1-3H3/t15-,18-/m0/s1. The average Bonchev–Trinajstić information content (AvgIpc) is 3.26. The van der Waals surface area contributed by atoms with Gasteiger partial charge < -0.3 is 14.5 Å². The Bertz CT molecular complexity index is 924. The summed E-state index contributed by atoms with van der Waals surface area (Å²) in [4.78, 5) is 28.9. The number of methoxy groups -OCH3 is 1. The molecule has 5 nitrogen and oxygen atoms in total. The second kappa shape index (κ2) is 7.40. The molecule has 1 fully saturated rings. The molecule has 1 aliphatic heterocycles. The number of hydrogen-bond acceptors (Lipinski definition) is 3. The number of anilines is 1. The first-order valence-corrected chi connectivity index (χ1v) is 9.76. The number of fused-ring (bicyclic) bond motifs is 3. The van der Waals surface area contributed by atoms with Crippen molar-refractivity contribution < 1.29 is 14.3 Å². The van der Waals surface area contributed by atoms with E-state index in [0.29, 0.717) is 13.2 Å². The number of ether oxygens (including phenoxy) is 1. The first kappa shape index (κ1) is 18.7. The van der Waals surface area contributed by atoms with Crippen molar-refractivity contribution in [1.29, 1.82) is 0 Å². The van der Waals surface area contributed by atoms with Crippen LogP contribution < -0.4 is 4.90 Å². The molecule has 0 radical (unpaired) electrons. The summed E-state index contributed by atoms with van der Waals surface area (Å²) < 4.78 is 5.15. The molecule has 1 aliphatic carbocycles. The third kappa shape index (κ3) is 3.20. The van der Waals surface area contributed by atoms with Gasteiger partial charge in [0.15, 0.2) is 0 Å². The van der Waals surface area contributed by atoms with E-state index >= 15 is 0 Å². The molecule has 146 valence electrons. The summed E-state index contributed by atoms with van der Waals surface area (Å²) in [6.07, 6.45) is 1.15. The molecule has 0 spiro atoms. The van der Waals surface area contributed by atoms with Gasteiger partial charge in [0, 0.05) is 32.8 Å². The maximum Gasteiger partial charge on any atom is 0.228 e. The van der Waals surface area contributed by atoms with E-state index in [9.17, 15) is 9.59 Å². The minimum atomic E-state index is -0.303. The van der Waals surface area contributed by atoms with E-state index in [1.165, 1.54) is 22.3 Å². The van der Waals surface area contributed by atoms with Crippen molar-refractivity contribution in [3.63, 3.8) is 0 Å². The monoisotopic (exact) mass is 378 g/mol. The lowest BCUT2D eigenvalue weighted by Crippen LogP contribution is -2.42. The molecule has 5 heteroatoms. The summed E-state index contributed by atoms with van der Waals surface area (Å²) in [6.45, 7) is 2.87. The van der Waals surface area contributed by atoms with E-state index in [0.717, 1.165) is 12.1 Å². The molecule has 2 atom stereocenters. The summed E-state index contributed by atoms with van der Waals surface area (Å²) in [5, 5.41) is 0. The van der Waals surface area contributed by atoms with Crippen LogP contribution in [0.1, 0.15) is 24.5 Å². The zero-order valence-corrected chi connectivity index (χ0v) is 16.6. The third-order valence-corrected chi connectivity index (χ3v) is 5.98. The lowest BCUT2D eigenvalue weighted by atomic mass is 10.1. The van der Waals surface area contributed by atoms with Gasteiger partial charge in [-0.1, -0.05) is 30.3 Å². The number of benzene rings is 2. The molecule has 4 rings (SSSR count). The summed E-state index contributed by atoms with van der Waals surface area (Å²) in [6, 6.07) is 14.6. The fourth-order valence-electron chi connectivity index (χ4n) is 4.28. The van der Waals surface area contributed by atoms with Gasteiger partial charge in [-0.3, -0.25) is 9.59 Å². The fraction of sp³-hybridized carbons (Fsp3) is 0.391. The maximum absolute atomic E-state index is 12.8. The number of nitrogens with zero attached hydrogens (tertiary/aromatic N) is 2. The van der Waals surface area contributed by atoms with Crippen LogP contribution in [0.15, 0.2) is 42.5 Å². The molecule has 1 saturated heterocycles. The van der Waals surface area contributed by atoms with E-state index in [1.54, 1.807) is 24.0 Å². The Labute approximate surface area is 165 Å². The SMILES string of the molecule is COC[C@H](C)N(C)C(=O)[C@H]1CC(=O)N(c2ccc3c(c2)Cc2ccccc2-3)C1. The summed E-state index contributed by atoms with van der Waals surface area (Å²) in [5.41, 5.74) is 5.97. The van der Waals surface area contributed by atoms with Crippen LogP contribution in [-0.4, -0.2) is 50.1 Å². The van der Waals surface area contributed by atoms with Crippen molar-refractivity contribution in [2.75, 3.05) is 32.2 Å². The van der Waals surface area contributed by atoms with Gasteiger partial charge in [-0.25, -0.2) is 0 Å². The smallest absolute Gasteiger partial charge is 0.228 e. The molecule has 0 saturated carbocycles. The minimum absolute atomic E-state index is 0.00830. The second-order valence-corrected chi connectivity index (χ2v) is 7.83. The Hall–Kier alpha value is -2.66. The molecule has 0 aromatic heterocycles. The molecule has 2 aromatic carbocycles. The zero-order valence-electron chi connectivity index (χ0n) is 16.6. The molecular formula is C23H26N2O3. The van der Waals surface area contributed by atoms with Gasteiger partial charge in [-0.2, -0.15) is 0 Å². The average molecular weight is 378 g/mol. The van der Waals surface area contributed by atoms with Crippen LogP contribution in [0.3, 0.4) is 0 Å². The van der Waals surface area contributed by atoms with Crippen molar-refractivity contribution >= 4 is 17.5 Å². The van der Waals surface area contributed by atoms with Crippen molar-refractivity contribution in [1.82, 2.24) is 4.90 Å². The molecule has 2 aliphatic rings. The molecule has 2 amide bonds. The largest absolute Gasteiger partial charge is 0.383 e. The Morgan fingerprint density at radius 1 is 1.21 bits per heavy atom. The van der Waals surface area contributed by atoms with Crippen LogP contribution in [0.2, 0.25) is 0 Å². The van der Waals surface area contributed by atoms with Gasteiger partial charge in [0.1, 0.15) is 0 Å². The van der Waals surface area contributed by atoms with Gasteiger partial charge in [-0.15, -0.1) is 0 Å². The summed E-state index contributed by atoms with van der Waals surface area (Å²) >= 11 is 0. The van der Waals surface area contributed by atoms with Crippen molar-refractivity contribution in [3.05, 3.63) is 53.6 Å². The normalized spacial score (nSPS) is 18.8. The van der Waals surface area contributed by atoms with E-state index < -0.39 is 0 Å². The van der Waals surface area contributed by atoms with Crippen LogP contribution in [0, 0.1) is 5.92 Å². The quantitative estimate of drug-likeness (QED) is 0.685. The predicted octanol–water partition coefficient (Wildman–Crippen LogP) is 3.10. The van der Waals surface area contributed by atoms with Crippen molar-refractivity contribution in [3.8, 4) is 11.1 Å². The van der Waals surface area contributed by atoms with Crippen molar-refractivity contribution in [2.24, 2.45) is 5.92 Å². The highest BCUT2D eigenvalue weighted by Crippen LogP contribution is 2.39. The number of carbonyl (C=O) groups excluding carboxylic acids is 2. The molecule has 0 unspecified atom stereocenters. The van der Waals surface area contributed by atoms with Crippen LogP contribution in [0.4, 0.5) is 5.69 Å². The molecule has 1 heterocycles. The van der Waals surface area contributed by atoms with Crippen LogP contribution >= 0.6 is 0 Å². The van der Waals surface area contributed by atoms with E-state index in [2.05, 4.69) is 36.4 Å². The molecule has 0 bridgehead atoms. The fourth-order valence-corrected chi connectivity index (χ4v) is 4.28. The minimum Gasteiger partial charge on any atom is -0.383 e. The number of rotatable bonds is 5. The molecule has 28 heavy (non-hydrogen) atoms. The van der Waals surface area contributed by atoms with Gasteiger partial charge >= 0.3 is 0 Å². The molecule has 0 N–H and O–H groups in total. The van der Waals surface area contributed by atoms with E-state index in [-0.39, 0.29) is 30.2 Å². The van der Waals surface area contributed by atoms with Crippen LogP contribution in [-0.2, 0) is 20.7 Å². The van der Waals surface area contributed by atoms with E-state index in [4.69, 9.17) is 4.74 Å². The topological polar surface area (TPSA) is 49.9 Å². The van der Waals surface area contributed by atoms with Gasteiger partial charge in [0.05, 0.1) is 18.6 Å². The first-order valence-electron chi connectivity index (χ1n) is 9.76. The number of hydrogen-bond donors (Lipinski definition) is 0. The maximum atomic E-state index is 12.8. The Kier molecular flexibility index (Phi) is 4.94. The number of likely N-dealkylation sites (N-methyl/N-ethyl adjacent to an activating group) is 1. The lowest BCUT2D eigenvalue weighted by molar-refractivity contribution is -0.137. The molecular weight excluding hydrogens is 352 g/mol. The Morgan fingerprint density at radius 2 is 1.96 bits per heavy atom. The summed E-state index contributed by atoms with van der Waals surface area (Å²) in [5.74, 6) is -0.280. The lowest BCUT2D eigenvalue weighted by Gasteiger charge is -2.27.